The molecule has 0 bridgehead atoms. The fourth-order valence-electron chi connectivity index (χ4n) is 1.81. The van der Waals surface area contributed by atoms with E-state index in [9.17, 15) is 4.79 Å². The van der Waals surface area contributed by atoms with Gasteiger partial charge in [0.1, 0.15) is 0 Å². The van der Waals surface area contributed by atoms with Gasteiger partial charge in [-0.15, -0.1) is 0 Å². The van der Waals surface area contributed by atoms with Crippen molar-refractivity contribution in [1.82, 2.24) is 0 Å². The zero-order chi connectivity index (χ0) is 9.84. The van der Waals surface area contributed by atoms with E-state index in [1.165, 1.54) is 0 Å². The Bertz CT molecular complexity index is 230. The van der Waals surface area contributed by atoms with Crippen LogP contribution in [0.4, 0.5) is 0 Å². The average Bonchev–Trinajstić information content (AvgIpc) is 2.16. The van der Waals surface area contributed by atoms with Gasteiger partial charge in [-0.05, 0) is 31.8 Å². The van der Waals surface area contributed by atoms with Crippen LogP contribution in [-0.4, -0.2) is 24.3 Å². The number of hydrogen-bond acceptors (Lipinski definition) is 2. The van der Waals surface area contributed by atoms with E-state index in [4.69, 9.17) is 9.84 Å². The first-order valence-electron chi connectivity index (χ1n) is 4.62. The van der Waals surface area contributed by atoms with Crippen LogP contribution in [0.5, 0.6) is 0 Å². The minimum atomic E-state index is -0.820. The Morgan fingerprint density at radius 3 is 2.77 bits per heavy atom. The molecule has 1 N–H and O–H groups in total. The van der Waals surface area contributed by atoms with Crippen LogP contribution < -0.4 is 0 Å². The smallest absolute Gasteiger partial charge is 0.331 e. The van der Waals surface area contributed by atoms with Gasteiger partial charge in [-0.2, -0.15) is 0 Å². The molecule has 0 spiro atoms. The van der Waals surface area contributed by atoms with E-state index >= 15 is 0 Å². The molecule has 0 heterocycles. The lowest BCUT2D eigenvalue weighted by molar-refractivity contribution is -0.132. The average molecular weight is 184 g/mol. The molecule has 0 radical (unpaired) electrons. The predicted octanol–water partition coefficient (Wildman–Crippen LogP) is 1.98. The molecule has 13 heavy (non-hydrogen) atoms. The van der Waals surface area contributed by atoms with Crippen LogP contribution in [0.2, 0.25) is 0 Å². The van der Waals surface area contributed by atoms with E-state index in [2.05, 4.69) is 0 Å². The molecular weight excluding hydrogens is 168 g/mol. The summed E-state index contributed by atoms with van der Waals surface area (Å²) in [7, 11) is 1.64. The third-order valence-corrected chi connectivity index (χ3v) is 2.64. The van der Waals surface area contributed by atoms with Gasteiger partial charge in [0, 0.05) is 12.7 Å². The maximum Gasteiger partial charge on any atom is 0.331 e. The number of carboxylic acids is 1. The topological polar surface area (TPSA) is 46.5 Å². The van der Waals surface area contributed by atoms with Crippen LogP contribution in [0, 0.1) is 0 Å². The number of hydrogen-bond donors (Lipinski definition) is 1. The van der Waals surface area contributed by atoms with E-state index in [0.717, 1.165) is 31.3 Å². The van der Waals surface area contributed by atoms with Crippen LogP contribution in [0.3, 0.4) is 0 Å². The van der Waals surface area contributed by atoms with E-state index in [1.54, 1.807) is 14.0 Å². The van der Waals surface area contributed by atoms with Crippen molar-refractivity contribution in [2.24, 2.45) is 0 Å². The van der Waals surface area contributed by atoms with Gasteiger partial charge >= 0.3 is 5.97 Å². The van der Waals surface area contributed by atoms with Gasteiger partial charge in [0.2, 0.25) is 0 Å². The molecular formula is C10H16O3. The monoisotopic (exact) mass is 184 g/mol. The normalized spacial score (nSPS) is 27.1. The van der Waals surface area contributed by atoms with Gasteiger partial charge < -0.3 is 9.84 Å². The van der Waals surface area contributed by atoms with Crippen molar-refractivity contribution in [1.29, 1.82) is 0 Å². The van der Waals surface area contributed by atoms with Gasteiger partial charge in [-0.25, -0.2) is 4.79 Å². The number of aliphatic carboxylic acids is 1. The summed E-state index contributed by atoms with van der Waals surface area (Å²) < 4.78 is 5.25. The molecule has 1 atom stereocenters. The molecule has 0 aliphatic heterocycles. The van der Waals surface area contributed by atoms with Gasteiger partial charge in [-0.3, -0.25) is 0 Å². The molecule has 3 heteroatoms. The molecule has 0 aromatic carbocycles. The Balaban J connectivity index is 2.85. The van der Waals surface area contributed by atoms with E-state index < -0.39 is 5.97 Å². The highest BCUT2D eigenvalue weighted by Crippen LogP contribution is 2.28. The zero-order valence-electron chi connectivity index (χ0n) is 8.17. The lowest BCUT2D eigenvalue weighted by atomic mass is 9.89. The number of methoxy groups -OCH3 is 1. The van der Waals surface area contributed by atoms with Crippen LogP contribution >= 0.6 is 0 Å². The maximum atomic E-state index is 10.7. The van der Waals surface area contributed by atoms with Crippen LogP contribution in [-0.2, 0) is 9.53 Å². The van der Waals surface area contributed by atoms with Crippen molar-refractivity contribution in [3.8, 4) is 0 Å². The molecule has 1 saturated carbocycles. The Morgan fingerprint density at radius 1 is 1.54 bits per heavy atom. The van der Waals surface area contributed by atoms with Crippen LogP contribution in [0.25, 0.3) is 0 Å². The minimum Gasteiger partial charge on any atom is -0.478 e. The first-order chi connectivity index (χ1) is 6.16. The summed E-state index contributed by atoms with van der Waals surface area (Å²) in [5.74, 6) is -0.820. The van der Waals surface area contributed by atoms with Crippen molar-refractivity contribution in [2.45, 2.75) is 38.7 Å². The van der Waals surface area contributed by atoms with Gasteiger partial charge in [-0.1, -0.05) is 6.42 Å². The first-order valence-corrected chi connectivity index (χ1v) is 4.62. The van der Waals surface area contributed by atoms with Crippen molar-refractivity contribution in [2.75, 3.05) is 7.11 Å². The summed E-state index contributed by atoms with van der Waals surface area (Å²) in [5.41, 5.74) is 1.44. The summed E-state index contributed by atoms with van der Waals surface area (Å²) in [4.78, 5) is 10.7. The van der Waals surface area contributed by atoms with Gasteiger partial charge in [0.25, 0.3) is 0 Å². The Morgan fingerprint density at radius 2 is 2.23 bits per heavy atom. The lowest BCUT2D eigenvalue weighted by Gasteiger charge is -2.25. The maximum absolute atomic E-state index is 10.7. The Kier molecular flexibility index (Phi) is 3.48. The summed E-state index contributed by atoms with van der Waals surface area (Å²) >= 11 is 0. The molecule has 1 aliphatic carbocycles. The summed E-state index contributed by atoms with van der Waals surface area (Å²) in [6.07, 6.45) is 4.08. The van der Waals surface area contributed by atoms with Crippen molar-refractivity contribution in [3.05, 3.63) is 11.1 Å². The molecule has 1 aliphatic rings. The van der Waals surface area contributed by atoms with Crippen molar-refractivity contribution < 1.29 is 14.6 Å². The number of carbonyl (C=O) groups is 1. The highest BCUT2D eigenvalue weighted by atomic mass is 16.5. The summed E-state index contributed by atoms with van der Waals surface area (Å²) in [5, 5.41) is 8.83. The molecule has 0 aromatic heterocycles. The standard InChI is InChI=1S/C10H16O3/c1-7(10(11)12)8-5-3-4-6-9(8)13-2/h9H,3-6H2,1-2H3,(H,11,12)/b8-7+. The fraction of sp³-hybridized carbons (Fsp3) is 0.700. The Hall–Kier alpha value is -0.830. The molecule has 3 nitrogen and oxygen atoms in total. The lowest BCUT2D eigenvalue weighted by Crippen LogP contribution is -2.21. The molecule has 1 unspecified atom stereocenters. The second-order valence-corrected chi connectivity index (χ2v) is 3.43. The largest absolute Gasteiger partial charge is 0.478 e. The SMILES string of the molecule is COC1CCCC/C1=C(/C)C(=O)O. The van der Waals surface area contributed by atoms with Crippen molar-refractivity contribution in [3.63, 3.8) is 0 Å². The second kappa shape index (κ2) is 4.42. The van der Waals surface area contributed by atoms with E-state index in [1.807, 2.05) is 0 Å². The number of carboxylic acid groups (broad SMARTS) is 1. The quantitative estimate of drug-likeness (QED) is 0.667. The third-order valence-electron chi connectivity index (χ3n) is 2.64. The predicted molar refractivity (Wildman–Crippen MR) is 49.6 cm³/mol. The van der Waals surface area contributed by atoms with Gasteiger partial charge in [0.05, 0.1) is 6.10 Å². The first kappa shape index (κ1) is 10.3. The molecule has 1 fully saturated rings. The number of rotatable bonds is 2. The summed E-state index contributed by atoms with van der Waals surface area (Å²) in [6, 6.07) is 0. The zero-order valence-corrected chi connectivity index (χ0v) is 8.17. The highest BCUT2D eigenvalue weighted by Gasteiger charge is 2.22. The third kappa shape index (κ3) is 2.31. The van der Waals surface area contributed by atoms with E-state index in [-0.39, 0.29) is 6.10 Å². The van der Waals surface area contributed by atoms with Crippen molar-refractivity contribution >= 4 is 5.97 Å². The van der Waals surface area contributed by atoms with E-state index in [0.29, 0.717) is 5.57 Å². The van der Waals surface area contributed by atoms with Crippen LogP contribution in [0.1, 0.15) is 32.6 Å². The fourth-order valence-corrected chi connectivity index (χ4v) is 1.81. The highest BCUT2D eigenvalue weighted by molar-refractivity contribution is 5.87. The molecule has 74 valence electrons. The molecule has 0 saturated heterocycles. The van der Waals surface area contributed by atoms with Gasteiger partial charge in [0.15, 0.2) is 0 Å². The molecule has 0 aromatic rings. The number of ether oxygens (including phenoxy) is 1. The minimum absolute atomic E-state index is 0.0323. The molecule has 0 amide bonds. The molecule has 1 rings (SSSR count). The summed E-state index contributed by atoms with van der Waals surface area (Å²) in [6.45, 7) is 1.66. The van der Waals surface area contributed by atoms with Crippen LogP contribution in [0.15, 0.2) is 11.1 Å². The Labute approximate surface area is 78.4 Å². The second-order valence-electron chi connectivity index (χ2n) is 3.43.